The topological polar surface area (TPSA) is 32.3 Å². The fourth-order valence-corrected chi connectivity index (χ4v) is 3.80. The molecular formula is C24H32N2O. The normalized spacial score (nSPS) is 16.3. The molecule has 1 N–H and O–H groups in total. The Labute approximate surface area is 163 Å². The van der Waals surface area contributed by atoms with Gasteiger partial charge in [-0.05, 0) is 86.9 Å². The molecule has 0 aliphatic carbocycles. The summed E-state index contributed by atoms with van der Waals surface area (Å²) in [6.45, 7) is 12.8. The van der Waals surface area contributed by atoms with E-state index >= 15 is 0 Å². The van der Waals surface area contributed by atoms with Gasteiger partial charge in [0.1, 0.15) is 0 Å². The van der Waals surface area contributed by atoms with Crippen LogP contribution in [0.4, 0.5) is 5.69 Å². The van der Waals surface area contributed by atoms with Gasteiger partial charge in [0.25, 0.3) is 5.91 Å². The summed E-state index contributed by atoms with van der Waals surface area (Å²) in [4.78, 5) is 15.2. The molecule has 1 heterocycles. The molecule has 1 aliphatic rings. The number of rotatable bonds is 4. The minimum absolute atomic E-state index is 0.00260. The third kappa shape index (κ3) is 4.52. The number of hydrogen-bond donors (Lipinski definition) is 1. The number of nitrogens with zero attached hydrogens (tertiary/aromatic N) is 1. The lowest BCUT2D eigenvalue weighted by Gasteiger charge is -2.32. The highest BCUT2D eigenvalue weighted by molar-refractivity contribution is 5.96. The summed E-state index contributed by atoms with van der Waals surface area (Å²) in [5.74, 6) is 0.835. The molecule has 2 aromatic rings. The first-order valence-corrected chi connectivity index (χ1v) is 10.1. The van der Waals surface area contributed by atoms with Gasteiger partial charge < -0.3 is 10.2 Å². The molecule has 0 bridgehead atoms. The zero-order valence-electron chi connectivity index (χ0n) is 17.3. The van der Waals surface area contributed by atoms with E-state index in [0.717, 1.165) is 41.3 Å². The Morgan fingerprint density at radius 1 is 1.00 bits per heavy atom. The van der Waals surface area contributed by atoms with Crippen LogP contribution in [0.2, 0.25) is 0 Å². The number of hydrogen-bond acceptors (Lipinski definition) is 2. The number of anilines is 1. The van der Waals surface area contributed by atoms with Crippen molar-refractivity contribution >= 4 is 11.6 Å². The van der Waals surface area contributed by atoms with E-state index in [4.69, 9.17) is 0 Å². The monoisotopic (exact) mass is 364 g/mol. The molecule has 3 heteroatoms. The van der Waals surface area contributed by atoms with E-state index in [0.29, 0.717) is 0 Å². The predicted octanol–water partition coefficient (Wildman–Crippen LogP) is 5.34. The maximum atomic E-state index is 12.7. The molecule has 1 fully saturated rings. The van der Waals surface area contributed by atoms with Crippen LogP contribution in [0.3, 0.4) is 0 Å². The molecule has 3 rings (SSSR count). The first-order valence-electron chi connectivity index (χ1n) is 10.1. The summed E-state index contributed by atoms with van der Waals surface area (Å²) in [5.41, 5.74) is 6.59. The van der Waals surface area contributed by atoms with Gasteiger partial charge in [-0.15, -0.1) is 0 Å². The molecule has 0 radical (unpaired) electrons. The van der Waals surface area contributed by atoms with Crippen LogP contribution in [0.15, 0.2) is 36.4 Å². The van der Waals surface area contributed by atoms with Gasteiger partial charge in [0.15, 0.2) is 0 Å². The van der Waals surface area contributed by atoms with Crippen LogP contribution in [0, 0.1) is 26.7 Å². The highest BCUT2D eigenvalue weighted by Gasteiger charge is 2.17. The Balaban J connectivity index is 1.66. The zero-order valence-corrected chi connectivity index (χ0v) is 17.3. The molecule has 0 spiro atoms. The Morgan fingerprint density at radius 2 is 1.59 bits per heavy atom. The van der Waals surface area contributed by atoms with Gasteiger partial charge in [-0.1, -0.05) is 25.1 Å². The Kier molecular flexibility index (Phi) is 5.88. The third-order valence-corrected chi connectivity index (χ3v) is 5.97. The van der Waals surface area contributed by atoms with Gasteiger partial charge in [-0.3, -0.25) is 4.79 Å². The van der Waals surface area contributed by atoms with Crippen molar-refractivity contribution in [2.24, 2.45) is 5.92 Å². The van der Waals surface area contributed by atoms with Crippen LogP contribution in [-0.4, -0.2) is 19.0 Å². The average Bonchev–Trinajstić information content (AvgIpc) is 2.65. The summed E-state index contributed by atoms with van der Waals surface area (Å²) in [5, 5.41) is 3.15. The molecular weight excluding hydrogens is 332 g/mol. The van der Waals surface area contributed by atoms with Crippen molar-refractivity contribution in [2.45, 2.75) is 53.5 Å². The van der Waals surface area contributed by atoms with E-state index in [-0.39, 0.29) is 11.9 Å². The number of amides is 1. The number of aryl methyl sites for hydroxylation is 3. The van der Waals surface area contributed by atoms with Gasteiger partial charge >= 0.3 is 0 Å². The summed E-state index contributed by atoms with van der Waals surface area (Å²) in [7, 11) is 0. The van der Waals surface area contributed by atoms with Gasteiger partial charge in [0.05, 0.1) is 6.04 Å². The summed E-state index contributed by atoms with van der Waals surface area (Å²) in [6, 6.07) is 12.7. The molecule has 3 nitrogen and oxygen atoms in total. The summed E-state index contributed by atoms with van der Waals surface area (Å²) >= 11 is 0. The van der Waals surface area contributed by atoms with Crippen molar-refractivity contribution in [3.05, 3.63) is 64.2 Å². The highest BCUT2D eigenvalue weighted by Crippen LogP contribution is 2.25. The molecule has 2 aromatic carbocycles. The molecule has 1 atom stereocenters. The lowest BCUT2D eigenvalue weighted by molar-refractivity contribution is 0.0939. The van der Waals surface area contributed by atoms with E-state index < -0.39 is 0 Å². The molecule has 1 saturated heterocycles. The first-order chi connectivity index (χ1) is 12.8. The number of carbonyl (C=O) groups excluding carboxylic acids is 1. The minimum Gasteiger partial charge on any atom is -0.372 e. The Bertz CT molecular complexity index is 802. The number of nitrogens with one attached hydrogen (secondary N) is 1. The Hall–Kier alpha value is -2.29. The highest BCUT2D eigenvalue weighted by atomic mass is 16.1. The van der Waals surface area contributed by atoms with Crippen LogP contribution >= 0.6 is 0 Å². The maximum absolute atomic E-state index is 12.7. The number of benzene rings is 2. The molecule has 0 saturated carbocycles. The fraction of sp³-hybridized carbons (Fsp3) is 0.458. The third-order valence-electron chi connectivity index (χ3n) is 5.97. The largest absolute Gasteiger partial charge is 0.372 e. The zero-order chi connectivity index (χ0) is 19.6. The second kappa shape index (κ2) is 8.16. The van der Waals surface area contributed by atoms with Crippen LogP contribution < -0.4 is 10.2 Å². The molecule has 1 unspecified atom stereocenters. The first kappa shape index (κ1) is 19.5. The predicted molar refractivity (Wildman–Crippen MR) is 114 cm³/mol. The van der Waals surface area contributed by atoms with Crippen molar-refractivity contribution in [1.29, 1.82) is 0 Å². The average molecular weight is 365 g/mol. The molecule has 0 aromatic heterocycles. The number of carbonyl (C=O) groups is 1. The van der Waals surface area contributed by atoms with E-state index in [1.54, 1.807) is 0 Å². The van der Waals surface area contributed by atoms with Crippen molar-refractivity contribution < 1.29 is 4.79 Å². The molecule has 144 valence electrons. The molecule has 27 heavy (non-hydrogen) atoms. The standard InChI is InChI=1S/C24H32N2O/c1-16-10-12-26(13-11-16)22-8-6-21(7-9-22)20(5)25-24(27)23-15-18(3)17(2)14-19(23)4/h6-9,14-16,20H,10-13H2,1-5H3,(H,25,27). The fourth-order valence-electron chi connectivity index (χ4n) is 3.80. The smallest absolute Gasteiger partial charge is 0.252 e. The van der Waals surface area contributed by atoms with Crippen LogP contribution in [0.1, 0.15) is 65.3 Å². The SMILES string of the molecule is Cc1cc(C)c(C(=O)NC(C)c2ccc(N3CCC(C)CC3)cc2)cc1C. The maximum Gasteiger partial charge on any atom is 0.252 e. The lowest BCUT2D eigenvalue weighted by Crippen LogP contribution is -2.32. The summed E-state index contributed by atoms with van der Waals surface area (Å²) < 4.78 is 0. The molecule has 1 aliphatic heterocycles. The molecule has 1 amide bonds. The van der Waals surface area contributed by atoms with E-state index in [1.807, 2.05) is 19.9 Å². The summed E-state index contributed by atoms with van der Waals surface area (Å²) in [6.07, 6.45) is 2.53. The van der Waals surface area contributed by atoms with Crippen LogP contribution in [0.25, 0.3) is 0 Å². The van der Waals surface area contributed by atoms with E-state index in [2.05, 4.69) is 61.3 Å². The quantitative estimate of drug-likeness (QED) is 0.794. The number of piperidine rings is 1. The van der Waals surface area contributed by atoms with Gasteiger partial charge in [0.2, 0.25) is 0 Å². The lowest BCUT2D eigenvalue weighted by atomic mass is 9.98. The van der Waals surface area contributed by atoms with Crippen molar-refractivity contribution in [3.63, 3.8) is 0 Å². The van der Waals surface area contributed by atoms with Crippen LogP contribution in [0.5, 0.6) is 0 Å². The second-order valence-corrected chi connectivity index (χ2v) is 8.21. The van der Waals surface area contributed by atoms with E-state index in [1.165, 1.54) is 24.1 Å². The van der Waals surface area contributed by atoms with Crippen molar-refractivity contribution in [2.75, 3.05) is 18.0 Å². The second-order valence-electron chi connectivity index (χ2n) is 8.21. The van der Waals surface area contributed by atoms with E-state index in [9.17, 15) is 4.79 Å². The van der Waals surface area contributed by atoms with Crippen molar-refractivity contribution in [1.82, 2.24) is 5.32 Å². The van der Waals surface area contributed by atoms with Gasteiger partial charge in [-0.2, -0.15) is 0 Å². The van der Waals surface area contributed by atoms with Gasteiger partial charge in [-0.25, -0.2) is 0 Å². The van der Waals surface area contributed by atoms with Crippen molar-refractivity contribution in [3.8, 4) is 0 Å². The minimum atomic E-state index is -0.0195. The Morgan fingerprint density at radius 3 is 2.22 bits per heavy atom. The van der Waals surface area contributed by atoms with Crippen LogP contribution in [-0.2, 0) is 0 Å². The van der Waals surface area contributed by atoms with Gasteiger partial charge in [0, 0.05) is 24.3 Å².